The van der Waals surface area contributed by atoms with Crippen LogP contribution in [0, 0.1) is 5.82 Å². The number of hydrogen-bond donors (Lipinski definition) is 3. The Balaban J connectivity index is 1.93. The quantitative estimate of drug-likeness (QED) is 0.455. The lowest BCUT2D eigenvalue weighted by Crippen LogP contribution is -2.19. The number of carbonyl (C=O) groups excluding carboxylic acids is 1. The number of urea groups is 1. The number of amides is 2. The van der Waals surface area contributed by atoms with E-state index in [-0.39, 0.29) is 11.6 Å². The summed E-state index contributed by atoms with van der Waals surface area (Å²) >= 11 is 6.87. The van der Waals surface area contributed by atoms with Crippen molar-refractivity contribution in [3.05, 3.63) is 63.3 Å². The smallest absolute Gasteiger partial charge is 0.323 e. The summed E-state index contributed by atoms with van der Waals surface area (Å²) in [6, 6.07) is 11.7. The van der Waals surface area contributed by atoms with Gasteiger partial charge in [-0.2, -0.15) is 0 Å². The van der Waals surface area contributed by atoms with Gasteiger partial charge in [-0.1, -0.05) is 15.9 Å². The van der Waals surface area contributed by atoms with Gasteiger partial charge in [0, 0.05) is 20.0 Å². The Morgan fingerprint density at radius 3 is 2.33 bits per heavy atom. The molecule has 122 valence electrons. The zero-order chi connectivity index (χ0) is 17.3. The maximum Gasteiger partial charge on any atom is 0.323 e. The summed E-state index contributed by atoms with van der Waals surface area (Å²) in [6.45, 7) is 0. The van der Waals surface area contributed by atoms with Gasteiger partial charge < -0.3 is 15.7 Å². The number of benzene rings is 3. The number of halogens is 3. The van der Waals surface area contributed by atoms with Crippen LogP contribution in [0.3, 0.4) is 0 Å². The van der Waals surface area contributed by atoms with Gasteiger partial charge in [0.05, 0.1) is 5.69 Å². The lowest BCUT2D eigenvalue weighted by atomic mass is 10.1. The van der Waals surface area contributed by atoms with E-state index in [1.807, 2.05) is 6.07 Å². The van der Waals surface area contributed by atoms with Crippen LogP contribution in [-0.2, 0) is 0 Å². The van der Waals surface area contributed by atoms with Crippen molar-refractivity contribution in [3.63, 3.8) is 0 Å². The highest BCUT2D eigenvalue weighted by molar-refractivity contribution is 9.11. The van der Waals surface area contributed by atoms with Crippen LogP contribution in [0.15, 0.2) is 57.5 Å². The Labute approximate surface area is 153 Å². The molecule has 4 nitrogen and oxygen atoms in total. The number of anilines is 2. The fourth-order valence-corrected chi connectivity index (χ4v) is 3.70. The van der Waals surface area contributed by atoms with Gasteiger partial charge >= 0.3 is 6.03 Å². The van der Waals surface area contributed by atoms with Crippen molar-refractivity contribution >= 4 is 60.0 Å². The third-order valence-corrected chi connectivity index (χ3v) is 4.64. The van der Waals surface area contributed by atoms with Crippen LogP contribution >= 0.6 is 31.9 Å². The standard InChI is InChI=1S/C17H11Br2FN2O2/c18-14-8-15(19)16(13-7-11(23)5-6-12(13)14)22-17(24)21-10-3-1-9(20)2-4-10/h1-8,23H,(H2,21,22,24). The van der Waals surface area contributed by atoms with Gasteiger partial charge in [0.1, 0.15) is 11.6 Å². The van der Waals surface area contributed by atoms with Gasteiger partial charge in [-0.05, 0) is 69.8 Å². The number of phenols is 1. The minimum atomic E-state index is -0.478. The van der Waals surface area contributed by atoms with E-state index in [1.165, 1.54) is 24.3 Å². The molecular formula is C17H11Br2FN2O2. The Kier molecular flexibility index (Phi) is 4.73. The number of hydrogen-bond acceptors (Lipinski definition) is 2. The summed E-state index contributed by atoms with van der Waals surface area (Å²) in [5, 5.41) is 16.6. The summed E-state index contributed by atoms with van der Waals surface area (Å²) in [6.07, 6.45) is 0. The molecule has 0 atom stereocenters. The summed E-state index contributed by atoms with van der Waals surface area (Å²) in [4.78, 5) is 12.2. The molecule has 24 heavy (non-hydrogen) atoms. The second-order valence-corrected chi connectivity index (χ2v) is 6.74. The molecule has 0 aliphatic rings. The first-order valence-corrected chi connectivity index (χ1v) is 8.47. The molecule has 0 saturated carbocycles. The first-order chi connectivity index (χ1) is 11.4. The van der Waals surface area contributed by atoms with E-state index in [4.69, 9.17) is 0 Å². The van der Waals surface area contributed by atoms with E-state index in [9.17, 15) is 14.3 Å². The predicted molar refractivity (Wildman–Crippen MR) is 100 cm³/mol. The molecule has 3 aromatic carbocycles. The van der Waals surface area contributed by atoms with E-state index >= 15 is 0 Å². The summed E-state index contributed by atoms with van der Waals surface area (Å²) in [7, 11) is 0. The molecule has 0 spiro atoms. The molecule has 2 amide bonds. The molecule has 0 bridgehead atoms. The first-order valence-electron chi connectivity index (χ1n) is 6.88. The maximum atomic E-state index is 12.9. The summed E-state index contributed by atoms with van der Waals surface area (Å²) < 4.78 is 14.4. The summed E-state index contributed by atoms with van der Waals surface area (Å²) in [5.74, 6) is -0.285. The van der Waals surface area contributed by atoms with Crippen molar-refractivity contribution in [2.75, 3.05) is 10.6 Å². The van der Waals surface area contributed by atoms with Crippen molar-refractivity contribution in [2.24, 2.45) is 0 Å². The minimum absolute atomic E-state index is 0.0921. The zero-order valence-corrected chi connectivity index (χ0v) is 15.3. The number of carbonyl (C=O) groups is 1. The zero-order valence-electron chi connectivity index (χ0n) is 12.1. The fourth-order valence-electron chi connectivity index (χ4n) is 2.27. The molecule has 7 heteroatoms. The predicted octanol–water partition coefficient (Wildman–Crippen LogP) is 5.85. The molecular weight excluding hydrogens is 443 g/mol. The van der Waals surface area contributed by atoms with Gasteiger partial charge in [0.25, 0.3) is 0 Å². The molecule has 0 saturated heterocycles. The molecule has 0 fully saturated rings. The molecule has 0 radical (unpaired) electrons. The van der Waals surface area contributed by atoms with Crippen molar-refractivity contribution in [1.82, 2.24) is 0 Å². The van der Waals surface area contributed by atoms with E-state index < -0.39 is 6.03 Å². The number of rotatable bonds is 2. The van der Waals surface area contributed by atoms with Gasteiger partial charge in [0.2, 0.25) is 0 Å². The maximum absolute atomic E-state index is 12.9. The number of aromatic hydroxyl groups is 1. The fraction of sp³-hybridized carbons (Fsp3) is 0. The topological polar surface area (TPSA) is 61.4 Å². The molecule has 0 aliphatic carbocycles. The minimum Gasteiger partial charge on any atom is -0.508 e. The molecule has 0 aromatic heterocycles. The largest absolute Gasteiger partial charge is 0.508 e. The average molecular weight is 454 g/mol. The highest BCUT2D eigenvalue weighted by Gasteiger charge is 2.13. The van der Waals surface area contributed by atoms with Crippen molar-refractivity contribution in [2.45, 2.75) is 0 Å². The van der Waals surface area contributed by atoms with Crippen LogP contribution in [0.5, 0.6) is 5.75 Å². The molecule has 3 aromatic rings. The first kappa shape index (κ1) is 16.7. The lowest BCUT2D eigenvalue weighted by Gasteiger charge is -2.13. The van der Waals surface area contributed by atoms with Gasteiger partial charge in [-0.15, -0.1) is 0 Å². The molecule has 3 rings (SSSR count). The van der Waals surface area contributed by atoms with Crippen LogP contribution in [0.1, 0.15) is 0 Å². The monoisotopic (exact) mass is 452 g/mol. The number of nitrogens with one attached hydrogen (secondary N) is 2. The SMILES string of the molecule is O=C(Nc1ccc(F)cc1)Nc1c(Br)cc(Br)c2ccc(O)cc12. The van der Waals surface area contributed by atoms with Gasteiger partial charge in [-0.3, -0.25) is 0 Å². The highest BCUT2D eigenvalue weighted by Crippen LogP contribution is 2.38. The van der Waals surface area contributed by atoms with Crippen LogP contribution in [-0.4, -0.2) is 11.1 Å². The Morgan fingerprint density at radius 1 is 0.917 bits per heavy atom. The second-order valence-electron chi connectivity index (χ2n) is 5.03. The Hall–Kier alpha value is -2.12. The average Bonchev–Trinajstić information content (AvgIpc) is 2.53. The van der Waals surface area contributed by atoms with E-state index in [2.05, 4.69) is 42.5 Å². The van der Waals surface area contributed by atoms with Crippen LogP contribution in [0.25, 0.3) is 10.8 Å². The molecule has 0 heterocycles. The van der Waals surface area contributed by atoms with Gasteiger partial charge in [-0.25, -0.2) is 9.18 Å². The van der Waals surface area contributed by atoms with Crippen LogP contribution in [0.2, 0.25) is 0 Å². The van der Waals surface area contributed by atoms with Crippen molar-refractivity contribution in [1.29, 1.82) is 0 Å². The highest BCUT2D eigenvalue weighted by atomic mass is 79.9. The Bertz CT molecular complexity index is 930. The van der Waals surface area contributed by atoms with Crippen LogP contribution in [0.4, 0.5) is 20.6 Å². The van der Waals surface area contributed by atoms with E-state index in [0.717, 1.165) is 9.86 Å². The second kappa shape index (κ2) is 6.78. The third-order valence-electron chi connectivity index (χ3n) is 3.36. The Morgan fingerprint density at radius 2 is 1.62 bits per heavy atom. The van der Waals surface area contributed by atoms with Crippen molar-refractivity contribution < 1.29 is 14.3 Å². The van der Waals surface area contributed by atoms with Crippen molar-refractivity contribution in [3.8, 4) is 5.75 Å². The van der Waals surface area contributed by atoms with E-state index in [1.54, 1.807) is 18.2 Å². The van der Waals surface area contributed by atoms with Gasteiger partial charge in [0.15, 0.2) is 0 Å². The molecule has 0 unspecified atom stereocenters. The van der Waals surface area contributed by atoms with Crippen LogP contribution < -0.4 is 10.6 Å². The molecule has 0 aliphatic heterocycles. The third kappa shape index (κ3) is 3.52. The molecule has 3 N–H and O–H groups in total. The van der Waals surface area contributed by atoms with E-state index in [0.29, 0.717) is 21.2 Å². The lowest BCUT2D eigenvalue weighted by molar-refractivity contribution is 0.262. The number of phenolic OH excluding ortho intramolecular Hbond substituents is 1. The number of fused-ring (bicyclic) bond motifs is 1. The summed E-state index contributed by atoms with van der Waals surface area (Å²) in [5.41, 5.74) is 0.984. The normalized spacial score (nSPS) is 10.6.